The van der Waals surface area contributed by atoms with Gasteiger partial charge in [-0.2, -0.15) is 0 Å². The molecule has 0 unspecified atom stereocenters. The third-order valence-electron chi connectivity index (χ3n) is 1.68. The Morgan fingerprint density at radius 2 is 2.40 bits per heavy atom. The number of hydrazine groups is 1. The Morgan fingerprint density at radius 3 is 3.13 bits per heavy atom. The molecule has 2 aromatic rings. The van der Waals surface area contributed by atoms with Gasteiger partial charge in [-0.05, 0) is 12.1 Å². The summed E-state index contributed by atoms with van der Waals surface area (Å²) in [5.74, 6) is 6.03. The van der Waals surface area contributed by atoms with E-state index in [1.165, 1.54) is 11.5 Å². The number of hydrogen-bond donors (Lipinski definition) is 2. The van der Waals surface area contributed by atoms with E-state index in [9.17, 15) is 0 Å². The predicted molar refractivity (Wildman–Crippen MR) is 61.5 cm³/mol. The Hall–Kier alpha value is -1.18. The summed E-state index contributed by atoms with van der Waals surface area (Å²) < 4.78 is 3.82. The van der Waals surface area contributed by atoms with Crippen LogP contribution in [0.25, 0.3) is 0 Å². The molecule has 0 aliphatic rings. The molecule has 15 heavy (non-hydrogen) atoms. The summed E-state index contributed by atoms with van der Waals surface area (Å²) in [6.45, 7) is 0. The maximum atomic E-state index is 5.32. The molecule has 78 valence electrons. The zero-order chi connectivity index (χ0) is 10.5. The van der Waals surface area contributed by atoms with Crippen molar-refractivity contribution in [1.29, 1.82) is 0 Å². The van der Waals surface area contributed by atoms with Gasteiger partial charge in [0.25, 0.3) is 0 Å². The molecule has 0 aliphatic carbocycles. The molecule has 0 saturated carbocycles. The van der Waals surface area contributed by atoms with Crippen LogP contribution < -0.4 is 11.3 Å². The zero-order valence-electron chi connectivity index (χ0n) is 7.75. The molecule has 0 fully saturated rings. The van der Waals surface area contributed by atoms with E-state index in [0.717, 1.165) is 15.7 Å². The SMILES string of the molecule is NNc1snnc1CSc1ccccn1. The Kier molecular flexibility index (Phi) is 3.49. The molecule has 3 N–H and O–H groups in total. The van der Waals surface area contributed by atoms with Gasteiger partial charge in [-0.15, -0.1) is 5.10 Å². The fourth-order valence-corrected chi connectivity index (χ4v) is 2.37. The average Bonchev–Trinajstić information content (AvgIpc) is 2.75. The summed E-state index contributed by atoms with van der Waals surface area (Å²) >= 11 is 2.86. The molecule has 0 aliphatic heterocycles. The number of nitrogens with one attached hydrogen (secondary N) is 1. The monoisotopic (exact) mass is 239 g/mol. The van der Waals surface area contributed by atoms with E-state index in [-0.39, 0.29) is 0 Å². The lowest BCUT2D eigenvalue weighted by Crippen LogP contribution is -2.06. The van der Waals surface area contributed by atoms with Crippen molar-refractivity contribution >= 4 is 28.3 Å². The minimum atomic E-state index is 0.715. The lowest BCUT2D eigenvalue weighted by Gasteiger charge is -1.99. The van der Waals surface area contributed by atoms with Crippen LogP contribution in [0.1, 0.15) is 5.69 Å². The second-order valence-corrected chi connectivity index (χ2v) is 4.40. The van der Waals surface area contributed by atoms with Crippen LogP contribution in [0.4, 0.5) is 5.00 Å². The highest BCUT2D eigenvalue weighted by molar-refractivity contribution is 7.98. The Bertz CT molecular complexity index is 416. The summed E-state index contributed by atoms with van der Waals surface area (Å²) in [5.41, 5.74) is 3.43. The Balaban J connectivity index is 1.99. The van der Waals surface area contributed by atoms with Crippen molar-refractivity contribution in [2.24, 2.45) is 5.84 Å². The number of hydrogen-bond acceptors (Lipinski definition) is 7. The van der Waals surface area contributed by atoms with E-state index in [1.807, 2.05) is 18.2 Å². The summed E-state index contributed by atoms with van der Waals surface area (Å²) in [6, 6.07) is 5.80. The second kappa shape index (κ2) is 5.06. The van der Waals surface area contributed by atoms with E-state index in [0.29, 0.717) is 5.75 Å². The fourth-order valence-electron chi connectivity index (χ4n) is 0.987. The van der Waals surface area contributed by atoms with E-state index in [2.05, 4.69) is 20.0 Å². The first kappa shape index (κ1) is 10.3. The average molecular weight is 239 g/mol. The van der Waals surface area contributed by atoms with Gasteiger partial charge in [0.05, 0.1) is 5.03 Å². The number of pyridine rings is 1. The lowest BCUT2D eigenvalue weighted by molar-refractivity contribution is 1.06. The Labute approximate surface area is 95.2 Å². The quantitative estimate of drug-likeness (QED) is 0.478. The molecule has 7 heteroatoms. The lowest BCUT2D eigenvalue weighted by atomic mass is 10.5. The van der Waals surface area contributed by atoms with Gasteiger partial charge in [0, 0.05) is 23.5 Å². The van der Waals surface area contributed by atoms with Crippen LogP contribution in [0.5, 0.6) is 0 Å². The molecule has 0 bridgehead atoms. The van der Waals surface area contributed by atoms with Crippen LogP contribution in [0.2, 0.25) is 0 Å². The second-order valence-electron chi connectivity index (χ2n) is 2.65. The molecule has 2 heterocycles. The Morgan fingerprint density at radius 1 is 1.47 bits per heavy atom. The molecular weight excluding hydrogens is 230 g/mol. The zero-order valence-corrected chi connectivity index (χ0v) is 9.38. The maximum absolute atomic E-state index is 5.32. The van der Waals surface area contributed by atoms with Crippen molar-refractivity contribution in [2.45, 2.75) is 10.8 Å². The first-order valence-electron chi connectivity index (χ1n) is 4.22. The summed E-state index contributed by atoms with van der Waals surface area (Å²) in [7, 11) is 0. The van der Waals surface area contributed by atoms with Gasteiger partial charge in [0.1, 0.15) is 10.7 Å². The van der Waals surface area contributed by atoms with Crippen LogP contribution >= 0.6 is 23.3 Å². The van der Waals surface area contributed by atoms with E-state index >= 15 is 0 Å². The van der Waals surface area contributed by atoms with Crippen LogP contribution in [0.3, 0.4) is 0 Å². The molecule has 2 rings (SSSR count). The van der Waals surface area contributed by atoms with Crippen molar-refractivity contribution in [3.05, 3.63) is 30.1 Å². The number of rotatable bonds is 4. The van der Waals surface area contributed by atoms with Crippen LogP contribution in [0, 0.1) is 0 Å². The number of anilines is 1. The summed E-state index contributed by atoms with van der Waals surface area (Å²) in [6.07, 6.45) is 1.77. The molecular formula is C8H9N5S2. The molecule has 0 aromatic carbocycles. The minimum absolute atomic E-state index is 0.715. The number of aromatic nitrogens is 3. The van der Waals surface area contributed by atoms with Crippen LogP contribution in [-0.2, 0) is 5.75 Å². The maximum Gasteiger partial charge on any atom is 0.148 e. The summed E-state index contributed by atoms with van der Waals surface area (Å²) in [4.78, 5) is 4.20. The van der Waals surface area contributed by atoms with Gasteiger partial charge >= 0.3 is 0 Å². The smallest absolute Gasteiger partial charge is 0.148 e. The van der Waals surface area contributed by atoms with Crippen molar-refractivity contribution in [3.63, 3.8) is 0 Å². The van der Waals surface area contributed by atoms with Gasteiger partial charge in [-0.25, -0.2) is 10.8 Å². The van der Waals surface area contributed by atoms with E-state index in [4.69, 9.17) is 5.84 Å². The van der Waals surface area contributed by atoms with Crippen LogP contribution in [0.15, 0.2) is 29.4 Å². The standard InChI is InChI=1S/C8H9N5S2/c9-11-8-6(12-13-15-8)5-14-7-3-1-2-4-10-7/h1-4,11H,5,9H2. The normalized spacial score (nSPS) is 10.2. The highest BCUT2D eigenvalue weighted by Gasteiger charge is 2.06. The third-order valence-corrected chi connectivity index (χ3v) is 3.34. The largest absolute Gasteiger partial charge is 0.313 e. The predicted octanol–water partition coefficient (Wildman–Crippen LogP) is 1.51. The van der Waals surface area contributed by atoms with Crippen LogP contribution in [-0.4, -0.2) is 14.6 Å². The molecule has 5 nitrogen and oxygen atoms in total. The molecule has 0 amide bonds. The van der Waals surface area contributed by atoms with Gasteiger partial charge in [0.15, 0.2) is 0 Å². The number of thioether (sulfide) groups is 1. The molecule has 0 saturated heterocycles. The van der Waals surface area contributed by atoms with Gasteiger partial charge in [-0.1, -0.05) is 22.3 Å². The van der Waals surface area contributed by atoms with Gasteiger partial charge < -0.3 is 5.43 Å². The molecule has 2 aromatic heterocycles. The highest BCUT2D eigenvalue weighted by atomic mass is 32.2. The van der Waals surface area contributed by atoms with Crippen molar-refractivity contribution in [1.82, 2.24) is 14.6 Å². The van der Waals surface area contributed by atoms with Gasteiger partial charge in [0.2, 0.25) is 0 Å². The fraction of sp³-hybridized carbons (Fsp3) is 0.125. The topological polar surface area (TPSA) is 76.7 Å². The van der Waals surface area contributed by atoms with Gasteiger partial charge in [-0.3, -0.25) is 0 Å². The minimum Gasteiger partial charge on any atom is -0.313 e. The summed E-state index contributed by atoms with van der Waals surface area (Å²) in [5, 5.41) is 5.75. The molecule has 0 atom stereocenters. The van der Waals surface area contributed by atoms with Crippen molar-refractivity contribution in [2.75, 3.05) is 5.43 Å². The molecule has 0 spiro atoms. The third kappa shape index (κ3) is 2.65. The van der Waals surface area contributed by atoms with E-state index < -0.39 is 0 Å². The number of nitrogens with two attached hydrogens (primary N) is 1. The van der Waals surface area contributed by atoms with Crippen molar-refractivity contribution < 1.29 is 0 Å². The highest BCUT2D eigenvalue weighted by Crippen LogP contribution is 2.25. The van der Waals surface area contributed by atoms with Crippen molar-refractivity contribution in [3.8, 4) is 0 Å². The number of nitrogens with zero attached hydrogens (tertiary/aromatic N) is 3. The van der Waals surface area contributed by atoms with E-state index in [1.54, 1.807) is 18.0 Å². The first-order valence-corrected chi connectivity index (χ1v) is 5.97. The molecule has 0 radical (unpaired) electrons. The first-order chi connectivity index (χ1) is 7.40. The number of nitrogen functional groups attached to an aromatic ring is 1.